The maximum Gasteiger partial charge on any atom is 0.256 e. The van der Waals surface area contributed by atoms with Crippen LogP contribution in [0.2, 0.25) is 0 Å². The van der Waals surface area contributed by atoms with Crippen LogP contribution in [0.15, 0.2) is 59.4 Å². The SMILES string of the molecule is COc1cc(C(=O)N2C(C(=O)NCc3ccc(F)cc3)CSC2c2ccoc2)cc(OC)c1OC. The molecule has 0 spiro atoms. The van der Waals surface area contributed by atoms with Crippen LogP contribution in [0, 0.1) is 5.82 Å². The molecule has 1 aliphatic rings. The minimum atomic E-state index is -0.744. The molecule has 8 nitrogen and oxygen atoms in total. The van der Waals surface area contributed by atoms with E-state index < -0.39 is 11.4 Å². The Labute approximate surface area is 206 Å². The average molecular weight is 501 g/mol. The Bertz CT molecular complexity index is 1160. The van der Waals surface area contributed by atoms with Crippen molar-refractivity contribution in [1.29, 1.82) is 0 Å². The van der Waals surface area contributed by atoms with Crippen LogP contribution in [0.4, 0.5) is 4.39 Å². The summed E-state index contributed by atoms with van der Waals surface area (Å²) in [6.07, 6.45) is 3.09. The first-order chi connectivity index (χ1) is 17.0. The molecule has 0 aliphatic carbocycles. The van der Waals surface area contributed by atoms with Gasteiger partial charge in [0.25, 0.3) is 5.91 Å². The molecule has 2 unspecified atom stereocenters. The first-order valence-corrected chi connectivity index (χ1v) is 11.8. The lowest BCUT2D eigenvalue weighted by Crippen LogP contribution is -2.47. The summed E-state index contributed by atoms with van der Waals surface area (Å²) < 4.78 is 34.6. The Kier molecular flexibility index (Phi) is 7.50. The van der Waals surface area contributed by atoms with Gasteiger partial charge in [-0.1, -0.05) is 12.1 Å². The minimum Gasteiger partial charge on any atom is -0.493 e. The van der Waals surface area contributed by atoms with Crippen LogP contribution in [0.1, 0.15) is 26.9 Å². The van der Waals surface area contributed by atoms with Gasteiger partial charge in [-0.15, -0.1) is 11.8 Å². The number of benzene rings is 2. The zero-order valence-corrected chi connectivity index (χ0v) is 20.3. The van der Waals surface area contributed by atoms with Crippen molar-refractivity contribution in [2.45, 2.75) is 18.0 Å². The topological polar surface area (TPSA) is 90.2 Å². The predicted octanol–water partition coefficient (Wildman–Crippen LogP) is 4.02. The fourth-order valence-corrected chi connectivity index (χ4v) is 5.30. The summed E-state index contributed by atoms with van der Waals surface area (Å²) in [7, 11) is 4.42. The van der Waals surface area contributed by atoms with Crippen LogP contribution in [-0.4, -0.2) is 49.8 Å². The van der Waals surface area contributed by atoms with E-state index in [1.165, 1.54) is 56.4 Å². The quantitative estimate of drug-likeness (QED) is 0.500. The Morgan fingerprint density at radius 2 is 1.77 bits per heavy atom. The van der Waals surface area contributed by atoms with Crippen LogP contribution in [0.25, 0.3) is 0 Å². The summed E-state index contributed by atoms with van der Waals surface area (Å²) >= 11 is 1.47. The molecule has 4 rings (SSSR count). The number of hydrogen-bond donors (Lipinski definition) is 1. The molecular weight excluding hydrogens is 475 g/mol. The second kappa shape index (κ2) is 10.7. The summed E-state index contributed by atoms with van der Waals surface area (Å²) in [6, 6.07) is 10.0. The number of ether oxygens (including phenoxy) is 3. The van der Waals surface area contributed by atoms with Crippen molar-refractivity contribution in [2.24, 2.45) is 0 Å². The number of hydrogen-bond acceptors (Lipinski definition) is 7. The second-order valence-electron chi connectivity index (χ2n) is 7.73. The van der Waals surface area contributed by atoms with Crippen LogP contribution in [-0.2, 0) is 11.3 Å². The normalized spacial score (nSPS) is 17.2. The maximum absolute atomic E-state index is 13.8. The molecule has 3 aromatic rings. The van der Waals surface area contributed by atoms with Crippen LogP contribution < -0.4 is 19.5 Å². The summed E-state index contributed by atoms with van der Waals surface area (Å²) in [5.74, 6) is 0.385. The van der Waals surface area contributed by atoms with Crippen molar-refractivity contribution in [3.8, 4) is 17.2 Å². The number of thioether (sulfide) groups is 1. The molecule has 1 saturated heterocycles. The Balaban J connectivity index is 1.64. The third-order valence-corrected chi connectivity index (χ3v) is 6.98. The average Bonchev–Trinajstić information content (AvgIpc) is 3.57. The van der Waals surface area contributed by atoms with Gasteiger partial charge in [-0.2, -0.15) is 0 Å². The molecule has 1 aromatic heterocycles. The van der Waals surface area contributed by atoms with Crippen molar-refractivity contribution in [2.75, 3.05) is 27.1 Å². The summed E-state index contributed by atoms with van der Waals surface area (Å²) in [5, 5.41) is 2.44. The molecule has 0 saturated carbocycles. The Morgan fingerprint density at radius 1 is 1.09 bits per heavy atom. The van der Waals surface area contributed by atoms with Crippen molar-refractivity contribution in [1.82, 2.24) is 10.2 Å². The first kappa shape index (κ1) is 24.5. The highest BCUT2D eigenvalue weighted by Gasteiger charge is 2.43. The number of carbonyl (C=O) groups excluding carboxylic acids is 2. The van der Waals surface area contributed by atoms with Crippen LogP contribution in [0.5, 0.6) is 17.2 Å². The van der Waals surface area contributed by atoms with E-state index in [1.54, 1.807) is 36.6 Å². The van der Waals surface area contributed by atoms with E-state index in [1.807, 2.05) is 0 Å². The molecule has 2 atom stereocenters. The third kappa shape index (κ3) is 5.07. The van der Waals surface area contributed by atoms with Gasteiger partial charge in [0.05, 0.1) is 33.9 Å². The highest BCUT2D eigenvalue weighted by Crippen LogP contribution is 2.44. The second-order valence-corrected chi connectivity index (χ2v) is 8.84. The summed E-state index contributed by atoms with van der Waals surface area (Å²) in [6.45, 7) is 0.211. The molecule has 10 heteroatoms. The molecular formula is C25H25FN2O6S. The lowest BCUT2D eigenvalue weighted by atomic mass is 10.1. The predicted molar refractivity (Wildman–Crippen MR) is 128 cm³/mol. The summed E-state index contributed by atoms with van der Waals surface area (Å²) in [4.78, 5) is 28.6. The number of methoxy groups -OCH3 is 3. The molecule has 2 heterocycles. The minimum absolute atomic E-state index is 0.211. The van der Waals surface area contributed by atoms with Gasteiger partial charge in [-0.3, -0.25) is 9.59 Å². The fourth-order valence-electron chi connectivity index (χ4n) is 3.89. The molecule has 2 amide bonds. The van der Waals surface area contributed by atoms with Gasteiger partial charge in [-0.05, 0) is 35.9 Å². The zero-order valence-electron chi connectivity index (χ0n) is 19.4. The largest absolute Gasteiger partial charge is 0.493 e. The van der Waals surface area contributed by atoms with Crippen molar-refractivity contribution < 1.29 is 32.6 Å². The van der Waals surface area contributed by atoms with E-state index >= 15 is 0 Å². The van der Waals surface area contributed by atoms with Gasteiger partial charge in [0, 0.05) is 23.4 Å². The molecule has 1 fully saturated rings. The monoisotopic (exact) mass is 500 g/mol. The Hall–Kier alpha value is -3.66. The van der Waals surface area contributed by atoms with Gasteiger partial charge in [0.15, 0.2) is 11.5 Å². The van der Waals surface area contributed by atoms with E-state index in [0.29, 0.717) is 23.0 Å². The lowest BCUT2D eigenvalue weighted by Gasteiger charge is -2.29. The number of nitrogens with zero attached hydrogens (tertiary/aromatic N) is 1. The number of amides is 2. The number of carbonyl (C=O) groups is 2. The maximum atomic E-state index is 13.8. The standard InChI is InChI=1S/C25H25FN2O6S/c1-31-20-10-17(11-21(32-2)22(20)33-3)24(30)28-19(14-35-25(28)16-8-9-34-13-16)23(29)27-12-15-4-6-18(26)7-5-15/h4-11,13,19,25H,12,14H2,1-3H3,(H,27,29). The molecule has 0 bridgehead atoms. The van der Waals surface area contributed by atoms with Crippen LogP contribution >= 0.6 is 11.8 Å². The highest BCUT2D eigenvalue weighted by molar-refractivity contribution is 7.99. The summed E-state index contributed by atoms with van der Waals surface area (Å²) in [5.41, 5.74) is 1.80. The molecule has 0 radical (unpaired) electrons. The molecule has 184 valence electrons. The third-order valence-electron chi connectivity index (χ3n) is 5.66. The van der Waals surface area contributed by atoms with E-state index in [4.69, 9.17) is 18.6 Å². The zero-order chi connectivity index (χ0) is 24.9. The van der Waals surface area contributed by atoms with E-state index in [-0.39, 0.29) is 29.7 Å². The first-order valence-electron chi connectivity index (χ1n) is 10.7. The van der Waals surface area contributed by atoms with E-state index in [0.717, 1.165) is 11.1 Å². The lowest BCUT2D eigenvalue weighted by molar-refractivity contribution is -0.125. The van der Waals surface area contributed by atoms with Gasteiger partial charge >= 0.3 is 0 Å². The molecule has 1 N–H and O–H groups in total. The highest BCUT2D eigenvalue weighted by atomic mass is 32.2. The van der Waals surface area contributed by atoms with E-state index in [9.17, 15) is 14.0 Å². The van der Waals surface area contributed by atoms with Gasteiger partial charge in [-0.25, -0.2) is 4.39 Å². The number of halogens is 1. The van der Waals surface area contributed by atoms with Crippen molar-refractivity contribution in [3.05, 3.63) is 77.5 Å². The van der Waals surface area contributed by atoms with Gasteiger partial charge in [0.1, 0.15) is 17.2 Å². The molecule has 1 aliphatic heterocycles. The molecule has 2 aromatic carbocycles. The Morgan fingerprint density at radius 3 is 2.34 bits per heavy atom. The fraction of sp³-hybridized carbons (Fsp3) is 0.280. The van der Waals surface area contributed by atoms with Crippen molar-refractivity contribution in [3.63, 3.8) is 0 Å². The number of nitrogens with one attached hydrogen (secondary N) is 1. The van der Waals surface area contributed by atoms with Crippen molar-refractivity contribution >= 4 is 23.6 Å². The van der Waals surface area contributed by atoms with E-state index in [2.05, 4.69) is 5.32 Å². The van der Waals surface area contributed by atoms with Gasteiger partial charge < -0.3 is 28.8 Å². The number of furan rings is 1. The van der Waals surface area contributed by atoms with Gasteiger partial charge in [0.2, 0.25) is 11.7 Å². The smallest absolute Gasteiger partial charge is 0.256 e. The van der Waals surface area contributed by atoms with Crippen LogP contribution in [0.3, 0.4) is 0 Å². The number of rotatable bonds is 8. The molecule has 35 heavy (non-hydrogen) atoms.